The Kier molecular flexibility index (Phi) is 5.54. The largest absolute Gasteiger partial charge is 0.356 e. The number of amides is 1. The number of carbonyl (C=O) groups is 1. The molecule has 1 saturated heterocycles. The second-order valence-corrected chi connectivity index (χ2v) is 8.84. The zero-order chi connectivity index (χ0) is 19.6. The molecule has 1 aliphatic carbocycles. The molecule has 1 spiro atoms. The highest BCUT2D eigenvalue weighted by Gasteiger charge is 2.58. The Labute approximate surface area is 169 Å². The van der Waals surface area contributed by atoms with Crippen LogP contribution in [0, 0.1) is 25.2 Å². The van der Waals surface area contributed by atoms with Crippen molar-refractivity contribution in [1.29, 1.82) is 0 Å². The summed E-state index contributed by atoms with van der Waals surface area (Å²) in [5.74, 6) is 0.519. The number of carbonyl (C=O) groups excluding carboxylic acids is 1. The number of aryl methyl sites for hydroxylation is 2. The van der Waals surface area contributed by atoms with Gasteiger partial charge in [-0.2, -0.15) is 0 Å². The summed E-state index contributed by atoms with van der Waals surface area (Å²) < 4.78 is 0. The molecule has 148 valence electrons. The highest BCUT2D eigenvalue weighted by atomic mass is 16.2. The zero-order valence-electron chi connectivity index (χ0n) is 17.2. The molecular formula is C25H32N2O. The predicted molar refractivity (Wildman–Crippen MR) is 114 cm³/mol. The summed E-state index contributed by atoms with van der Waals surface area (Å²) in [5.41, 5.74) is 5.72. The molecule has 1 heterocycles. The van der Waals surface area contributed by atoms with Crippen LogP contribution in [0.3, 0.4) is 0 Å². The van der Waals surface area contributed by atoms with Crippen molar-refractivity contribution in [2.24, 2.45) is 11.3 Å². The van der Waals surface area contributed by atoms with Crippen molar-refractivity contribution >= 4 is 5.91 Å². The van der Waals surface area contributed by atoms with E-state index in [1.807, 2.05) is 6.07 Å². The molecular weight excluding hydrogens is 344 g/mol. The van der Waals surface area contributed by atoms with Crippen LogP contribution >= 0.6 is 0 Å². The first kappa shape index (κ1) is 19.2. The Hall–Kier alpha value is -2.13. The lowest BCUT2D eigenvalue weighted by Gasteiger charge is -2.33. The monoisotopic (exact) mass is 376 g/mol. The number of nitrogens with one attached hydrogen (secondary N) is 1. The summed E-state index contributed by atoms with van der Waals surface area (Å²) in [5, 5.41) is 3.17. The molecule has 0 bridgehead atoms. The van der Waals surface area contributed by atoms with E-state index in [0.29, 0.717) is 0 Å². The molecule has 1 saturated carbocycles. The van der Waals surface area contributed by atoms with E-state index in [9.17, 15) is 4.79 Å². The summed E-state index contributed by atoms with van der Waals surface area (Å²) in [4.78, 5) is 15.1. The molecule has 1 amide bonds. The molecule has 0 radical (unpaired) electrons. The summed E-state index contributed by atoms with van der Waals surface area (Å²) in [6.07, 6.45) is 4.32. The van der Waals surface area contributed by atoms with Gasteiger partial charge in [0.15, 0.2) is 0 Å². The van der Waals surface area contributed by atoms with E-state index in [1.54, 1.807) is 0 Å². The van der Waals surface area contributed by atoms with Gasteiger partial charge in [-0.3, -0.25) is 9.69 Å². The van der Waals surface area contributed by atoms with Gasteiger partial charge in [-0.15, -0.1) is 0 Å². The van der Waals surface area contributed by atoms with Crippen LogP contribution in [0.4, 0.5) is 0 Å². The average molecular weight is 377 g/mol. The van der Waals surface area contributed by atoms with E-state index in [2.05, 4.69) is 66.5 Å². The maximum absolute atomic E-state index is 12.6. The van der Waals surface area contributed by atoms with Gasteiger partial charge in [-0.25, -0.2) is 0 Å². The van der Waals surface area contributed by atoms with Gasteiger partial charge in [0.25, 0.3) is 0 Å². The Morgan fingerprint density at radius 3 is 2.50 bits per heavy atom. The molecule has 2 aromatic rings. The lowest BCUT2D eigenvalue weighted by atomic mass is 9.90. The highest BCUT2D eigenvalue weighted by Crippen LogP contribution is 2.59. The number of likely N-dealkylation sites (tertiary alicyclic amines) is 1. The molecule has 1 unspecified atom stereocenters. The molecule has 4 rings (SSSR count). The Bertz CT molecular complexity index is 822. The predicted octanol–water partition coefficient (Wildman–Crippen LogP) is 4.26. The van der Waals surface area contributed by atoms with Gasteiger partial charge in [0.2, 0.25) is 5.91 Å². The molecule has 1 atom stereocenters. The van der Waals surface area contributed by atoms with Crippen LogP contribution < -0.4 is 5.32 Å². The first-order chi connectivity index (χ1) is 13.6. The SMILES string of the molecule is Cc1ccc(CN2CCC3(CC2)CC3C(=O)NCCc2ccccc2)cc1C. The van der Waals surface area contributed by atoms with E-state index in [4.69, 9.17) is 0 Å². The lowest BCUT2D eigenvalue weighted by molar-refractivity contribution is -0.123. The van der Waals surface area contributed by atoms with Crippen LogP contribution in [-0.4, -0.2) is 30.4 Å². The van der Waals surface area contributed by atoms with Crippen molar-refractivity contribution in [1.82, 2.24) is 10.2 Å². The van der Waals surface area contributed by atoms with Gasteiger partial charge in [0, 0.05) is 19.0 Å². The molecule has 2 aromatic carbocycles. The molecule has 3 heteroatoms. The summed E-state index contributed by atoms with van der Waals surface area (Å²) >= 11 is 0. The molecule has 2 aliphatic rings. The van der Waals surface area contributed by atoms with Crippen LogP contribution in [0.2, 0.25) is 0 Å². The van der Waals surface area contributed by atoms with E-state index >= 15 is 0 Å². The smallest absolute Gasteiger partial charge is 0.223 e. The number of hydrogen-bond acceptors (Lipinski definition) is 2. The molecule has 1 N–H and O–H groups in total. The van der Waals surface area contributed by atoms with Gasteiger partial charge in [-0.05, 0) is 80.3 Å². The Morgan fingerprint density at radius 1 is 1.04 bits per heavy atom. The number of hydrogen-bond donors (Lipinski definition) is 1. The fraction of sp³-hybridized carbons (Fsp3) is 0.480. The number of nitrogens with zero attached hydrogens (tertiary/aromatic N) is 1. The van der Waals surface area contributed by atoms with Crippen LogP contribution in [0.15, 0.2) is 48.5 Å². The number of rotatable bonds is 6. The summed E-state index contributed by atoms with van der Waals surface area (Å²) in [6, 6.07) is 17.2. The minimum Gasteiger partial charge on any atom is -0.356 e. The third kappa shape index (κ3) is 4.30. The van der Waals surface area contributed by atoms with E-state index < -0.39 is 0 Å². The summed E-state index contributed by atoms with van der Waals surface area (Å²) in [6.45, 7) is 8.36. The van der Waals surface area contributed by atoms with Gasteiger partial charge in [-0.1, -0.05) is 48.5 Å². The van der Waals surface area contributed by atoms with Crippen LogP contribution in [-0.2, 0) is 17.8 Å². The van der Waals surface area contributed by atoms with Crippen molar-refractivity contribution in [3.05, 3.63) is 70.8 Å². The van der Waals surface area contributed by atoms with Crippen molar-refractivity contribution in [3.63, 3.8) is 0 Å². The van der Waals surface area contributed by atoms with E-state index in [0.717, 1.165) is 51.9 Å². The molecule has 1 aliphatic heterocycles. The molecule has 0 aromatic heterocycles. The highest BCUT2D eigenvalue weighted by molar-refractivity contribution is 5.82. The minimum absolute atomic E-state index is 0.243. The molecule has 28 heavy (non-hydrogen) atoms. The first-order valence-electron chi connectivity index (χ1n) is 10.7. The third-order valence-corrected chi connectivity index (χ3v) is 6.89. The van der Waals surface area contributed by atoms with Gasteiger partial charge in [0.1, 0.15) is 0 Å². The van der Waals surface area contributed by atoms with E-state index in [1.165, 1.54) is 22.3 Å². The topological polar surface area (TPSA) is 32.3 Å². The van der Waals surface area contributed by atoms with Crippen molar-refractivity contribution < 1.29 is 4.79 Å². The third-order valence-electron chi connectivity index (χ3n) is 6.89. The lowest BCUT2D eigenvalue weighted by Crippen LogP contribution is -2.37. The minimum atomic E-state index is 0.243. The Morgan fingerprint density at radius 2 is 1.79 bits per heavy atom. The van der Waals surface area contributed by atoms with Crippen LogP contribution in [0.1, 0.15) is 41.5 Å². The quantitative estimate of drug-likeness (QED) is 0.817. The zero-order valence-corrected chi connectivity index (χ0v) is 17.2. The van der Waals surface area contributed by atoms with Gasteiger partial charge < -0.3 is 5.32 Å². The maximum Gasteiger partial charge on any atom is 0.223 e. The Balaban J connectivity index is 1.21. The normalized spacial score (nSPS) is 20.9. The second kappa shape index (κ2) is 8.08. The molecule has 3 nitrogen and oxygen atoms in total. The van der Waals surface area contributed by atoms with Crippen LogP contribution in [0.5, 0.6) is 0 Å². The maximum atomic E-state index is 12.6. The van der Waals surface area contributed by atoms with Gasteiger partial charge in [0.05, 0.1) is 0 Å². The standard InChI is InChI=1S/C25H32N2O/c1-19-8-9-22(16-20(19)2)18-27-14-11-25(12-15-27)17-23(25)24(28)26-13-10-21-6-4-3-5-7-21/h3-9,16,23H,10-15,17-18H2,1-2H3,(H,26,28). The van der Waals surface area contributed by atoms with Crippen molar-refractivity contribution in [2.75, 3.05) is 19.6 Å². The first-order valence-corrected chi connectivity index (χ1v) is 10.7. The number of benzene rings is 2. The molecule has 2 fully saturated rings. The second-order valence-electron chi connectivity index (χ2n) is 8.84. The summed E-state index contributed by atoms with van der Waals surface area (Å²) in [7, 11) is 0. The fourth-order valence-electron chi connectivity index (χ4n) is 4.69. The van der Waals surface area contributed by atoms with E-state index in [-0.39, 0.29) is 17.2 Å². The van der Waals surface area contributed by atoms with Gasteiger partial charge >= 0.3 is 0 Å². The fourth-order valence-corrected chi connectivity index (χ4v) is 4.69. The number of piperidine rings is 1. The average Bonchev–Trinajstić information content (AvgIpc) is 3.41. The van der Waals surface area contributed by atoms with Crippen molar-refractivity contribution in [3.8, 4) is 0 Å². The van der Waals surface area contributed by atoms with Crippen LogP contribution in [0.25, 0.3) is 0 Å². The van der Waals surface area contributed by atoms with Crippen molar-refractivity contribution in [2.45, 2.75) is 46.1 Å².